The minimum Gasteiger partial charge on any atom is -0.489 e. The van der Waals surface area contributed by atoms with Crippen molar-refractivity contribution in [1.82, 2.24) is 5.32 Å². The van der Waals surface area contributed by atoms with Crippen LogP contribution in [-0.2, 0) is 6.61 Å². The van der Waals surface area contributed by atoms with Gasteiger partial charge in [-0.25, -0.2) is 4.39 Å². The van der Waals surface area contributed by atoms with Crippen LogP contribution in [-0.4, -0.2) is 7.05 Å². The topological polar surface area (TPSA) is 21.3 Å². The number of hydrogen-bond donors (Lipinski definition) is 1. The van der Waals surface area contributed by atoms with E-state index in [0.29, 0.717) is 6.61 Å². The van der Waals surface area contributed by atoms with E-state index in [0.717, 1.165) is 21.3 Å². The normalized spacial score (nSPS) is 12.2. The summed E-state index contributed by atoms with van der Waals surface area (Å²) in [5.41, 5.74) is 1.78. The van der Waals surface area contributed by atoms with E-state index in [4.69, 9.17) is 16.3 Å². The number of hydrogen-bond acceptors (Lipinski definition) is 2. The molecule has 112 valence electrons. The zero-order valence-electron chi connectivity index (χ0n) is 11.8. The van der Waals surface area contributed by atoms with E-state index < -0.39 is 5.82 Å². The van der Waals surface area contributed by atoms with Crippen molar-refractivity contribution < 1.29 is 9.13 Å². The highest BCUT2D eigenvalue weighted by molar-refractivity contribution is 9.10. The van der Waals surface area contributed by atoms with Crippen LogP contribution in [0, 0.1) is 5.82 Å². The molecule has 0 saturated carbocycles. The third-order valence-corrected chi connectivity index (χ3v) is 4.05. The lowest BCUT2D eigenvalue weighted by Crippen LogP contribution is -2.13. The molecule has 0 fully saturated rings. The fraction of sp³-hybridized carbons (Fsp3) is 0.250. The van der Waals surface area contributed by atoms with Gasteiger partial charge in [0.15, 0.2) is 0 Å². The molecule has 0 aliphatic heterocycles. The first-order chi connectivity index (χ1) is 10.0. The molecule has 1 atom stereocenters. The number of benzene rings is 2. The van der Waals surface area contributed by atoms with Crippen LogP contribution in [0.2, 0.25) is 5.02 Å². The van der Waals surface area contributed by atoms with Gasteiger partial charge >= 0.3 is 0 Å². The highest BCUT2D eigenvalue weighted by Gasteiger charge is 2.11. The molecular formula is C16H16BrClFNO. The molecule has 0 amide bonds. The standard InChI is InChI=1S/C16H16BrClFNO/c1-10(20-2)13-8-12(17)4-6-16(13)21-9-11-3-5-14(18)15(19)7-11/h3-8,10,20H,9H2,1-2H3. The third kappa shape index (κ3) is 4.19. The predicted molar refractivity (Wildman–Crippen MR) is 87.4 cm³/mol. The van der Waals surface area contributed by atoms with E-state index in [9.17, 15) is 4.39 Å². The number of nitrogens with one attached hydrogen (secondary N) is 1. The van der Waals surface area contributed by atoms with Gasteiger partial charge < -0.3 is 10.1 Å². The van der Waals surface area contributed by atoms with Crippen molar-refractivity contribution in [3.8, 4) is 5.75 Å². The first kappa shape index (κ1) is 16.3. The molecule has 2 aromatic carbocycles. The van der Waals surface area contributed by atoms with Crippen molar-refractivity contribution in [3.63, 3.8) is 0 Å². The molecule has 0 aliphatic carbocycles. The first-order valence-electron chi connectivity index (χ1n) is 6.54. The lowest BCUT2D eigenvalue weighted by molar-refractivity contribution is 0.299. The Balaban J connectivity index is 2.17. The molecule has 0 saturated heterocycles. The molecule has 0 heterocycles. The lowest BCUT2D eigenvalue weighted by Gasteiger charge is -2.17. The smallest absolute Gasteiger partial charge is 0.142 e. The quantitative estimate of drug-likeness (QED) is 0.788. The van der Waals surface area contributed by atoms with Crippen molar-refractivity contribution in [2.24, 2.45) is 0 Å². The highest BCUT2D eigenvalue weighted by Crippen LogP contribution is 2.29. The Kier molecular flexibility index (Phi) is 5.62. The number of halogens is 3. The van der Waals surface area contributed by atoms with Gasteiger partial charge in [-0.3, -0.25) is 0 Å². The molecule has 21 heavy (non-hydrogen) atoms. The van der Waals surface area contributed by atoms with E-state index in [1.807, 2.05) is 25.2 Å². The van der Waals surface area contributed by atoms with Crippen LogP contribution >= 0.6 is 27.5 Å². The van der Waals surface area contributed by atoms with Gasteiger partial charge in [0.05, 0.1) is 5.02 Å². The van der Waals surface area contributed by atoms with Crippen LogP contribution in [0.25, 0.3) is 0 Å². The second-order valence-corrected chi connectivity index (χ2v) is 6.05. The van der Waals surface area contributed by atoms with Gasteiger partial charge in [0.1, 0.15) is 18.2 Å². The van der Waals surface area contributed by atoms with Crippen LogP contribution in [0.3, 0.4) is 0 Å². The second-order valence-electron chi connectivity index (χ2n) is 4.73. The van der Waals surface area contributed by atoms with Crippen molar-refractivity contribution in [2.45, 2.75) is 19.6 Å². The summed E-state index contributed by atoms with van der Waals surface area (Å²) >= 11 is 9.13. The maximum absolute atomic E-state index is 13.4. The number of ether oxygens (including phenoxy) is 1. The maximum atomic E-state index is 13.4. The van der Waals surface area contributed by atoms with Gasteiger partial charge in [-0.1, -0.05) is 33.6 Å². The van der Waals surface area contributed by atoms with Gasteiger partial charge in [0.2, 0.25) is 0 Å². The zero-order valence-corrected chi connectivity index (χ0v) is 14.1. The molecule has 0 aliphatic rings. The molecule has 0 bridgehead atoms. The molecule has 2 nitrogen and oxygen atoms in total. The summed E-state index contributed by atoms with van der Waals surface area (Å²) in [5.74, 6) is 0.341. The SMILES string of the molecule is CNC(C)c1cc(Br)ccc1OCc1ccc(Cl)c(F)c1. The average molecular weight is 373 g/mol. The second kappa shape index (κ2) is 7.25. The molecule has 1 unspecified atom stereocenters. The Morgan fingerprint density at radius 1 is 1.29 bits per heavy atom. The monoisotopic (exact) mass is 371 g/mol. The third-order valence-electron chi connectivity index (χ3n) is 3.25. The van der Waals surface area contributed by atoms with Crippen LogP contribution in [0.1, 0.15) is 24.1 Å². The zero-order chi connectivity index (χ0) is 15.4. The predicted octanol–water partition coefficient (Wildman–Crippen LogP) is 5.10. The molecule has 5 heteroatoms. The maximum Gasteiger partial charge on any atom is 0.142 e. The molecular weight excluding hydrogens is 357 g/mol. The van der Waals surface area contributed by atoms with Crippen molar-refractivity contribution in [2.75, 3.05) is 7.05 Å². The average Bonchev–Trinajstić information content (AvgIpc) is 2.48. The van der Waals surface area contributed by atoms with E-state index in [1.165, 1.54) is 12.1 Å². The van der Waals surface area contributed by atoms with E-state index in [-0.39, 0.29) is 11.1 Å². The van der Waals surface area contributed by atoms with Crippen molar-refractivity contribution >= 4 is 27.5 Å². The highest BCUT2D eigenvalue weighted by atomic mass is 79.9. The largest absolute Gasteiger partial charge is 0.489 e. The van der Waals surface area contributed by atoms with Crippen LogP contribution < -0.4 is 10.1 Å². The number of rotatable bonds is 5. The summed E-state index contributed by atoms with van der Waals surface area (Å²) in [4.78, 5) is 0. The van der Waals surface area contributed by atoms with Crippen LogP contribution in [0.5, 0.6) is 5.75 Å². The van der Waals surface area contributed by atoms with Crippen LogP contribution in [0.15, 0.2) is 40.9 Å². The Hall–Kier alpha value is -1.10. The van der Waals surface area contributed by atoms with Gasteiger partial charge in [-0.2, -0.15) is 0 Å². The van der Waals surface area contributed by atoms with Gasteiger partial charge in [0.25, 0.3) is 0 Å². The molecule has 2 rings (SSSR count). The molecule has 0 aromatic heterocycles. The first-order valence-corrected chi connectivity index (χ1v) is 7.72. The summed E-state index contributed by atoms with van der Waals surface area (Å²) in [7, 11) is 1.89. The minimum absolute atomic E-state index is 0.117. The minimum atomic E-state index is -0.433. The molecule has 1 N–H and O–H groups in total. The lowest BCUT2D eigenvalue weighted by atomic mass is 10.1. The Bertz CT molecular complexity index is 636. The van der Waals surface area contributed by atoms with Crippen LogP contribution in [0.4, 0.5) is 4.39 Å². The van der Waals surface area contributed by atoms with E-state index >= 15 is 0 Å². The summed E-state index contributed by atoms with van der Waals surface area (Å²) < 4.78 is 20.2. The fourth-order valence-electron chi connectivity index (χ4n) is 1.94. The molecule has 2 aromatic rings. The van der Waals surface area contributed by atoms with Gasteiger partial charge in [0, 0.05) is 16.1 Å². The van der Waals surface area contributed by atoms with Crippen molar-refractivity contribution in [3.05, 3.63) is 62.8 Å². The summed E-state index contributed by atoms with van der Waals surface area (Å²) in [5, 5.41) is 3.30. The van der Waals surface area contributed by atoms with Gasteiger partial charge in [-0.15, -0.1) is 0 Å². The van der Waals surface area contributed by atoms with Gasteiger partial charge in [-0.05, 0) is 49.9 Å². The van der Waals surface area contributed by atoms with E-state index in [2.05, 4.69) is 28.2 Å². The van der Waals surface area contributed by atoms with Crippen molar-refractivity contribution in [1.29, 1.82) is 0 Å². The Morgan fingerprint density at radius 3 is 2.71 bits per heavy atom. The summed E-state index contributed by atoms with van der Waals surface area (Å²) in [6.45, 7) is 2.34. The summed E-state index contributed by atoms with van der Waals surface area (Å²) in [6.07, 6.45) is 0. The Morgan fingerprint density at radius 2 is 2.05 bits per heavy atom. The molecule has 0 spiro atoms. The van der Waals surface area contributed by atoms with E-state index in [1.54, 1.807) is 6.07 Å². The summed E-state index contributed by atoms with van der Waals surface area (Å²) in [6, 6.07) is 10.7. The Labute approximate surface area is 137 Å². The fourth-order valence-corrected chi connectivity index (χ4v) is 2.43. The molecule has 0 radical (unpaired) electrons.